The third kappa shape index (κ3) is 2.97. The fourth-order valence-electron chi connectivity index (χ4n) is 1.92. The summed E-state index contributed by atoms with van der Waals surface area (Å²) in [6, 6.07) is -0.705. The van der Waals surface area contributed by atoms with Gasteiger partial charge >= 0.3 is 0 Å². The van der Waals surface area contributed by atoms with Crippen LogP contribution in [0.1, 0.15) is 38.5 Å². The molecule has 0 spiro atoms. The summed E-state index contributed by atoms with van der Waals surface area (Å²) < 4.78 is 0. The maximum absolute atomic E-state index is 10.7. The predicted molar refractivity (Wildman–Crippen MR) is 49.8 cm³/mol. The molecule has 76 valence electrons. The van der Waals surface area contributed by atoms with E-state index in [9.17, 15) is 9.90 Å². The molecule has 0 aromatic heterocycles. The standard InChI is InChI=1S/C9H18N2O2/c10-7(8(11)12)6-9(13)4-2-1-3-5-9/h7,13H,1-6,10H2,(H2,11,12). The number of aliphatic hydroxyl groups is 1. The summed E-state index contributed by atoms with van der Waals surface area (Å²) in [6.45, 7) is 0. The largest absolute Gasteiger partial charge is 0.390 e. The summed E-state index contributed by atoms with van der Waals surface area (Å²) in [5, 5.41) is 10.0. The lowest BCUT2D eigenvalue weighted by atomic mass is 9.80. The van der Waals surface area contributed by atoms with Crippen molar-refractivity contribution in [2.75, 3.05) is 0 Å². The third-order valence-corrected chi connectivity index (χ3v) is 2.75. The van der Waals surface area contributed by atoms with Crippen LogP contribution in [0.15, 0.2) is 0 Å². The average Bonchev–Trinajstić information content (AvgIpc) is 2.04. The van der Waals surface area contributed by atoms with Gasteiger partial charge in [-0.15, -0.1) is 0 Å². The minimum atomic E-state index is -0.743. The highest BCUT2D eigenvalue weighted by atomic mass is 16.3. The van der Waals surface area contributed by atoms with E-state index in [2.05, 4.69) is 0 Å². The van der Waals surface area contributed by atoms with Crippen LogP contribution in [-0.2, 0) is 4.79 Å². The van der Waals surface area contributed by atoms with E-state index in [1.54, 1.807) is 0 Å². The fourth-order valence-corrected chi connectivity index (χ4v) is 1.92. The minimum Gasteiger partial charge on any atom is -0.390 e. The zero-order valence-electron chi connectivity index (χ0n) is 7.83. The molecule has 5 N–H and O–H groups in total. The van der Waals surface area contributed by atoms with E-state index in [-0.39, 0.29) is 0 Å². The molecule has 4 heteroatoms. The Balaban J connectivity index is 2.45. The average molecular weight is 186 g/mol. The van der Waals surface area contributed by atoms with Gasteiger partial charge in [0.05, 0.1) is 11.6 Å². The smallest absolute Gasteiger partial charge is 0.234 e. The van der Waals surface area contributed by atoms with E-state index in [1.165, 1.54) is 0 Å². The van der Waals surface area contributed by atoms with Gasteiger partial charge in [0.25, 0.3) is 0 Å². The monoisotopic (exact) mass is 186 g/mol. The summed E-state index contributed by atoms with van der Waals surface area (Å²) in [5.74, 6) is -0.529. The van der Waals surface area contributed by atoms with E-state index in [0.717, 1.165) is 32.1 Å². The van der Waals surface area contributed by atoms with Crippen molar-refractivity contribution in [1.29, 1.82) is 0 Å². The number of amides is 1. The van der Waals surface area contributed by atoms with Crippen molar-refractivity contribution in [3.05, 3.63) is 0 Å². The second-order valence-corrected chi connectivity index (χ2v) is 4.00. The van der Waals surface area contributed by atoms with Crippen molar-refractivity contribution in [2.24, 2.45) is 11.5 Å². The van der Waals surface area contributed by atoms with Crippen molar-refractivity contribution in [3.8, 4) is 0 Å². The first-order chi connectivity index (χ1) is 6.03. The summed E-state index contributed by atoms with van der Waals surface area (Å²) in [6.07, 6.45) is 4.99. The Bertz CT molecular complexity index is 188. The van der Waals surface area contributed by atoms with Gasteiger partial charge in [0.2, 0.25) is 5.91 Å². The second-order valence-electron chi connectivity index (χ2n) is 4.00. The topological polar surface area (TPSA) is 89.3 Å². The lowest BCUT2D eigenvalue weighted by molar-refractivity contribution is -0.121. The van der Waals surface area contributed by atoms with Crippen LogP contribution in [0.25, 0.3) is 0 Å². The molecule has 0 radical (unpaired) electrons. The van der Waals surface area contributed by atoms with Crippen LogP contribution in [0.5, 0.6) is 0 Å². The van der Waals surface area contributed by atoms with Gasteiger partial charge < -0.3 is 16.6 Å². The molecule has 1 aliphatic carbocycles. The van der Waals surface area contributed by atoms with Gasteiger partial charge in [-0.05, 0) is 12.8 Å². The molecule has 1 atom stereocenters. The molecule has 0 aliphatic heterocycles. The summed E-state index contributed by atoms with van der Waals surface area (Å²) in [5.41, 5.74) is 9.79. The molecule has 13 heavy (non-hydrogen) atoms. The Kier molecular flexibility index (Phi) is 3.27. The molecule has 1 amide bonds. The van der Waals surface area contributed by atoms with Crippen LogP contribution in [0.2, 0.25) is 0 Å². The van der Waals surface area contributed by atoms with Gasteiger partial charge in [-0.25, -0.2) is 0 Å². The van der Waals surface area contributed by atoms with Crippen molar-refractivity contribution >= 4 is 5.91 Å². The minimum absolute atomic E-state index is 0.308. The molecule has 1 aliphatic rings. The molecule has 1 rings (SSSR count). The van der Waals surface area contributed by atoms with E-state index < -0.39 is 17.6 Å². The third-order valence-electron chi connectivity index (χ3n) is 2.75. The summed E-state index contributed by atoms with van der Waals surface area (Å²) in [4.78, 5) is 10.7. The molecule has 0 saturated heterocycles. The first-order valence-electron chi connectivity index (χ1n) is 4.81. The molecule has 4 nitrogen and oxygen atoms in total. The zero-order chi connectivity index (χ0) is 9.90. The molecule has 0 aromatic rings. The lowest BCUT2D eigenvalue weighted by Gasteiger charge is -2.33. The highest BCUT2D eigenvalue weighted by molar-refractivity contribution is 5.79. The SMILES string of the molecule is NC(=O)C(N)CC1(O)CCCCC1. The lowest BCUT2D eigenvalue weighted by Crippen LogP contribution is -2.45. The van der Waals surface area contributed by atoms with Crippen LogP contribution < -0.4 is 11.5 Å². The van der Waals surface area contributed by atoms with Gasteiger partial charge in [-0.2, -0.15) is 0 Å². The Morgan fingerprint density at radius 3 is 2.38 bits per heavy atom. The highest BCUT2D eigenvalue weighted by Gasteiger charge is 2.32. The van der Waals surface area contributed by atoms with Crippen molar-refractivity contribution < 1.29 is 9.90 Å². The molecule has 0 heterocycles. The van der Waals surface area contributed by atoms with E-state index >= 15 is 0 Å². The number of hydrogen-bond donors (Lipinski definition) is 3. The Hall–Kier alpha value is -0.610. The fraction of sp³-hybridized carbons (Fsp3) is 0.889. The molecule has 0 bridgehead atoms. The zero-order valence-corrected chi connectivity index (χ0v) is 7.83. The van der Waals surface area contributed by atoms with E-state index in [4.69, 9.17) is 11.5 Å². The second kappa shape index (κ2) is 4.07. The number of carbonyl (C=O) groups excluding carboxylic acids is 1. The quantitative estimate of drug-likeness (QED) is 0.574. The van der Waals surface area contributed by atoms with Gasteiger partial charge in [-0.3, -0.25) is 4.79 Å². The maximum Gasteiger partial charge on any atom is 0.234 e. The van der Waals surface area contributed by atoms with Crippen LogP contribution in [0, 0.1) is 0 Å². The molecular formula is C9H18N2O2. The van der Waals surface area contributed by atoms with Crippen molar-refractivity contribution in [1.82, 2.24) is 0 Å². The number of hydrogen-bond acceptors (Lipinski definition) is 3. The summed E-state index contributed by atoms with van der Waals surface area (Å²) >= 11 is 0. The van der Waals surface area contributed by atoms with E-state index in [1.807, 2.05) is 0 Å². The van der Waals surface area contributed by atoms with Gasteiger partial charge in [0.1, 0.15) is 0 Å². The summed E-state index contributed by atoms with van der Waals surface area (Å²) in [7, 11) is 0. The number of nitrogens with two attached hydrogens (primary N) is 2. The van der Waals surface area contributed by atoms with Crippen molar-refractivity contribution in [3.63, 3.8) is 0 Å². The van der Waals surface area contributed by atoms with Crippen LogP contribution in [-0.4, -0.2) is 22.7 Å². The molecule has 1 unspecified atom stereocenters. The van der Waals surface area contributed by atoms with Crippen molar-refractivity contribution in [2.45, 2.75) is 50.2 Å². The number of primary amides is 1. The Morgan fingerprint density at radius 2 is 1.92 bits per heavy atom. The van der Waals surface area contributed by atoms with Crippen LogP contribution in [0.3, 0.4) is 0 Å². The van der Waals surface area contributed by atoms with Crippen LogP contribution in [0.4, 0.5) is 0 Å². The molecule has 1 saturated carbocycles. The van der Waals surface area contributed by atoms with E-state index in [0.29, 0.717) is 6.42 Å². The Labute approximate surface area is 78.3 Å². The molecular weight excluding hydrogens is 168 g/mol. The van der Waals surface area contributed by atoms with Gasteiger partial charge in [-0.1, -0.05) is 19.3 Å². The molecule has 0 aromatic carbocycles. The first kappa shape index (κ1) is 10.5. The Morgan fingerprint density at radius 1 is 1.38 bits per heavy atom. The maximum atomic E-state index is 10.7. The predicted octanol–water partition coefficient (Wildman–Crippen LogP) is -0.116. The number of rotatable bonds is 3. The first-order valence-corrected chi connectivity index (χ1v) is 4.81. The van der Waals surface area contributed by atoms with Gasteiger partial charge in [0, 0.05) is 6.42 Å². The highest BCUT2D eigenvalue weighted by Crippen LogP contribution is 2.31. The van der Waals surface area contributed by atoms with Crippen LogP contribution >= 0.6 is 0 Å². The van der Waals surface area contributed by atoms with Gasteiger partial charge in [0.15, 0.2) is 0 Å². The normalized spacial score (nSPS) is 23.8. The number of carbonyl (C=O) groups is 1. The molecule has 1 fully saturated rings.